The second-order valence-corrected chi connectivity index (χ2v) is 6.58. The number of benzene rings is 2. The van der Waals surface area contributed by atoms with Crippen LogP contribution in [0.5, 0.6) is 11.5 Å². The molecule has 0 aromatic heterocycles. The van der Waals surface area contributed by atoms with Gasteiger partial charge in [0.15, 0.2) is 11.5 Å². The number of phenols is 1. The average molecular weight is 340 g/mol. The number of hydrogen-bond donors (Lipinski definition) is 1. The molecule has 2 aromatic rings. The van der Waals surface area contributed by atoms with Crippen LogP contribution in [0.4, 0.5) is 5.69 Å². The summed E-state index contributed by atoms with van der Waals surface area (Å²) in [4.78, 5) is 16.8. The van der Waals surface area contributed by atoms with E-state index in [0.717, 1.165) is 23.4 Å². The molecule has 5 heteroatoms. The minimum Gasteiger partial charge on any atom is -0.504 e. The Morgan fingerprint density at radius 3 is 2.64 bits per heavy atom. The quantitative estimate of drug-likeness (QED) is 0.930. The minimum absolute atomic E-state index is 0.0918. The number of phenolic OH excluding ortho intramolecular Hbond substituents is 1. The van der Waals surface area contributed by atoms with Gasteiger partial charge in [-0.3, -0.25) is 9.69 Å². The van der Waals surface area contributed by atoms with Crippen molar-refractivity contribution >= 4 is 11.6 Å². The van der Waals surface area contributed by atoms with Crippen molar-refractivity contribution in [1.29, 1.82) is 0 Å². The molecule has 2 aromatic carbocycles. The number of methoxy groups -OCH3 is 1. The lowest BCUT2D eigenvalue weighted by Gasteiger charge is -2.40. The van der Waals surface area contributed by atoms with Crippen molar-refractivity contribution in [3.05, 3.63) is 53.6 Å². The van der Waals surface area contributed by atoms with E-state index in [2.05, 4.69) is 11.8 Å². The van der Waals surface area contributed by atoms with E-state index in [-0.39, 0.29) is 17.7 Å². The summed E-state index contributed by atoms with van der Waals surface area (Å²) in [6.07, 6.45) is 0. The van der Waals surface area contributed by atoms with Gasteiger partial charge in [0.05, 0.1) is 13.7 Å². The molecule has 1 fully saturated rings. The van der Waals surface area contributed by atoms with Crippen molar-refractivity contribution in [2.75, 3.05) is 25.1 Å². The van der Waals surface area contributed by atoms with Crippen LogP contribution < -0.4 is 9.64 Å². The number of carbonyl (C=O) groups is 1. The van der Waals surface area contributed by atoms with Crippen LogP contribution in [0.3, 0.4) is 0 Å². The smallest absolute Gasteiger partial charge is 0.241 e. The molecule has 1 amide bonds. The van der Waals surface area contributed by atoms with Crippen molar-refractivity contribution in [3.8, 4) is 11.5 Å². The highest BCUT2D eigenvalue weighted by Crippen LogP contribution is 2.28. The SMILES string of the molecule is COc1ccc(CN2CC(=O)N(c3ccccc3C)C(C)C2)cc1O. The molecule has 1 atom stereocenters. The Labute approximate surface area is 148 Å². The van der Waals surface area contributed by atoms with E-state index in [1.807, 2.05) is 42.2 Å². The van der Waals surface area contributed by atoms with E-state index < -0.39 is 0 Å². The Balaban J connectivity index is 1.73. The van der Waals surface area contributed by atoms with Crippen molar-refractivity contribution in [2.24, 2.45) is 0 Å². The van der Waals surface area contributed by atoms with Gasteiger partial charge in [-0.2, -0.15) is 0 Å². The van der Waals surface area contributed by atoms with Crippen LogP contribution in [0.15, 0.2) is 42.5 Å². The number of anilines is 1. The molecule has 0 aliphatic carbocycles. The standard InChI is InChI=1S/C20H24N2O3/c1-14-6-4-5-7-17(14)22-15(2)11-21(13-20(22)24)12-16-8-9-19(25-3)18(23)10-16/h4-10,15,23H,11-13H2,1-3H3. The van der Waals surface area contributed by atoms with Crippen LogP contribution in [0.25, 0.3) is 0 Å². The van der Waals surface area contributed by atoms with Gasteiger partial charge in [0.1, 0.15) is 0 Å². The predicted molar refractivity (Wildman–Crippen MR) is 98.1 cm³/mol. The number of amides is 1. The Morgan fingerprint density at radius 1 is 1.24 bits per heavy atom. The Hall–Kier alpha value is -2.53. The summed E-state index contributed by atoms with van der Waals surface area (Å²) >= 11 is 0. The fourth-order valence-electron chi connectivity index (χ4n) is 3.45. The van der Waals surface area contributed by atoms with Crippen molar-refractivity contribution < 1.29 is 14.6 Å². The molecule has 1 heterocycles. The zero-order valence-corrected chi connectivity index (χ0v) is 14.9. The summed E-state index contributed by atoms with van der Waals surface area (Å²) in [5.74, 6) is 0.682. The molecule has 1 aliphatic heterocycles. The molecule has 0 bridgehead atoms. The fraction of sp³-hybridized carbons (Fsp3) is 0.350. The highest BCUT2D eigenvalue weighted by Gasteiger charge is 2.31. The van der Waals surface area contributed by atoms with E-state index in [1.165, 1.54) is 7.11 Å². The summed E-state index contributed by atoms with van der Waals surface area (Å²) < 4.78 is 5.07. The molecule has 1 N–H and O–H groups in total. The van der Waals surface area contributed by atoms with E-state index in [1.54, 1.807) is 12.1 Å². The fourth-order valence-corrected chi connectivity index (χ4v) is 3.45. The third-order valence-electron chi connectivity index (χ3n) is 4.62. The second kappa shape index (κ2) is 7.15. The number of piperazine rings is 1. The van der Waals surface area contributed by atoms with E-state index in [0.29, 0.717) is 18.8 Å². The minimum atomic E-state index is 0.0918. The van der Waals surface area contributed by atoms with Crippen molar-refractivity contribution in [1.82, 2.24) is 4.90 Å². The third-order valence-corrected chi connectivity index (χ3v) is 4.62. The maximum absolute atomic E-state index is 12.7. The van der Waals surface area contributed by atoms with Gasteiger partial charge < -0.3 is 14.7 Å². The first-order valence-corrected chi connectivity index (χ1v) is 8.45. The molecule has 0 radical (unpaired) electrons. The normalized spacial score (nSPS) is 18.4. The number of ether oxygens (including phenoxy) is 1. The number of carbonyl (C=O) groups excluding carboxylic acids is 1. The Kier molecular flexibility index (Phi) is 4.95. The third kappa shape index (κ3) is 3.61. The summed E-state index contributed by atoms with van der Waals surface area (Å²) in [5.41, 5.74) is 3.06. The first-order valence-electron chi connectivity index (χ1n) is 8.45. The molecule has 1 aliphatic rings. The predicted octanol–water partition coefficient (Wildman–Crippen LogP) is 2.95. The lowest BCUT2D eigenvalue weighted by molar-refractivity contribution is -0.122. The first-order chi connectivity index (χ1) is 12.0. The van der Waals surface area contributed by atoms with Gasteiger partial charge in [-0.15, -0.1) is 0 Å². The van der Waals surface area contributed by atoms with Gasteiger partial charge in [-0.1, -0.05) is 24.3 Å². The molecule has 5 nitrogen and oxygen atoms in total. The monoisotopic (exact) mass is 340 g/mol. The summed E-state index contributed by atoms with van der Waals surface area (Å²) in [6, 6.07) is 13.4. The number of rotatable bonds is 4. The largest absolute Gasteiger partial charge is 0.504 e. The van der Waals surface area contributed by atoms with Gasteiger partial charge in [0, 0.05) is 24.8 Å². The number of para-hydroxylation sites is 1. The number of nitrogens with zero attached hydrogens (tertiary/aromatic N) is 2. The van der Waals surface area contributed by atoms with Gasteiger partial charge in [-0.25, -0.2) is 0 Å². The summed E-state index contributed by atoms with van der Waals surface area (Å²) in [6.45, 7) is 5.87. The van der Waals surface area contributed by atoms with Crippen LogP contribution >= 0.6 is 0 Å². The van der Waals surface area contributed by atoms with Gasteiger partial charge in [-0.05, 0) is 43.2 Å². The highest BCUT2D eigenvalue weighted by atomic mass is 16.5. The zero-order chi connectivity index (χ0) is 18.0. The molecular weight excluding hydrogens is 316 g/mol. The lowest BCUT2D eigenvalue weighted by Crippen LogP contribution is -2.55. The highest BCUT2D eigenvalue weighted by molar-refractivity contribution is 5.96. The Bertz CT molecular complexity index is 775. The number of aryl methyl sites for hydroxylation is 1. The topological polar surface area (TPSA) is 53.0 Å². The molecule has 132 valence electrons. The lowest BCUT2D eigenvalue weighted by atomic mass is 10.1. The van der Waals surface area contributed by atoms with Crippen LogP contribution in [-0.2, 0) is 11.3 Å². The maximum atomic E-state index is 12.7. The summed E-state index contributed by atoms with van der Waals surface area (Å²) in [5, 5.41) is 9.93. The van der Waals surface area contributed by atoms with Gasteiger partial charge in [0.2, 0.25) is 5.91 Å². The average Bonchev–Trinajstić information content (AvgIpc) is 2.56. The number of aromatic hydroxyl groups is 1. The molecular formula is C20H24N2O3. The van der Waals surface area contributed by atoms with Crippen LogP contribution in [0.2, 0.25) is 0 Å². The maximum Gasteiger partial charge on any atom is 0.241 e. The van der Waals surface area contributed by atoms with E-state index in [9.17, 15) is 9.90 Å². The molecule has 1 unspecified atom stereocenters. The van der Waals surface area contributed by atoms with E-state index >= 15 is 0 Å². The summed E-state index contributed by atoms with van der Waals surface area (Å²) in [7, 11) is 1.53. The molecule has 1 saturated heterocycles. The molecule has 0 spiro atoms. The van der Waals surface area contributed by atoms with Gasteiger partial charge in [0.25, 0.3) is 0 Å². The zero-order valence-electron chi connectivity index (χ0n) is 14.9. The molecule has 3 rings (SSSR count). The van der Waals surface area contributed by atoms with Crippen molar-refractivity contribution in [2.45, 2.75) is 26.4 Å². The molecule has 25 heavy (non-hydrogen) atoms. The van der Waals surface area contributed by atoms with Crippen LogP contribution in [-0.4, -0.2) is 42.2 Å². The number of hydrogen-bond acceptors (Lipinski definition) is 4. The van der Waals surface area contributed by atoms with E-state index in [4.69, 9.17) is 4.74 Å². The van der Waals surface area contributed by atoms with Crippen LogP contribution in [0.1, 0.15) is 18.1 Å². The second-order valence-electron chi connectivity index (χ2n) is 6.58. The van der Waals surface area contributed by atoms with Crippen LogP contribution in [0, 0.1) is 6.92 Å². The Morgan fingerprint density at radius 2 is 2.00 bits per heavy atom. The van der Waals surface area contributed by atoms with Gasteiger partial charge >= 0.3 is 0 Å². The van der Waals surface area contributed by atoms with Crippen molar-refractivity contribution in [3.63, 3.8) is 0 Å². The molecule has 0 saturated carbocycles. The first kappa shape index (κ1) is 17.3.